The van der Waals surface area contributed by atoms with Gasteiger partial charge in [0.15, 0.2) is 0 Å². The molecule has 0 fully saturated rings. The SMILES string of the molecule is CCNc1ncc(S(=O)(=O)Nc2ncnn2C)cc1Cl. The van der Waals surface area contributed by atoms with E-state index in [0.29, 0.717) is 12.4 Å². The normalized spacial score (nSPS) is 11.3. The van der Waals surface area contributed by atoms with E-state index in [1.54, 1.807) is 7.05 Å². The van der Waals surface area contributed by atoms with E-state index in [9.17, 15) is 8.42 Å². The zero-order chi connectivity index (χ0) is 14.8. The molecule has 8 nitrogen and oxygen atoms in total. The average molecular weight is 317 g/mol. The molecule has 0 aliphatic rings. The highest BCUT2D eigenvalue weighted by Crippen LogP contribution is 2.23. The molecule has 2 aromatic rings. The smallest absolute Gasteiger partial charge is 0.265 e. The van der Waals surface area contributed by atoms with Crippen LogP contribution in [0.1, 0.15) is 6.92 Å². The third-order valence-electron chi connectivity index (χ3n) is 2.41. The van der Waals surface area contributed by atoms with Crippen molar-refractivity contribution in [3.63, 3.8) is 0 Å². The van der Waals surface area contributed by atoms with Crippen molar-refractivity contribution < 1.29 is 8.42 Å². The summed E-state index contributed by atoms with van der Waals surface area (Å²) in [5.41, 5.74) is 0. The first kappa shape index (κ1) is 14.5. The fraction of sp³-hybridized carbons (Fsp3) is 0.300. The lowest BCUT2D eigenvalue weighted by atomic mass is 10.4. The summed E-state index contributed by atoms with van der Waals surface area (Å²) in [5, 5.41) is 6.93. The summed E-state index contributed by atoms with van der Waals surface area (Å²) >= 11 is 5.98. The summed E-state index contributed by atoms with van der Waals surface area (Å²) in [6.45, 7) is 2.52. The van der Waals surface area contributed by atoms with E-state index in [-0.39, 0.29) is 15.9 Å². The summed E-state index contributed by atoms with van der Waals surface area (Å²) in [6, 6.07) is 1.32. The number of pyridine rings is 1. The molecule has 0 saturated heterocycles. The number of hydrogen-bond donors (Lipinski definition) is 2. The lowest BCUT2D eigenvalue weighted by molar-refractivity contribution is 0.599. The molecule has 108 valence electrons. The van der Waals surface area contributed by atoms with Gasteiger partial charge in [0.1, 0.15) is 17.0 Å². The summed E-state index contributed by atoms with van der Waals surface area (Å²) < 4.78 is 27.9. The van der Waals surface area contributed by atoms with Gasteiger partial charge in [0.05, 0.1) is 5.02 Å². The molecular formula is C10H13ClN6O2S. The fourth-order valence-corrected chi connectivity index (χ4v) is 2.74. The standard InChI is InChI=1S/C10H13ClN6O2S/c1-3-12-9-8(11)4-7(5-13-9)20(18,19)16-10-14-6-15-17(10)2/h4-6H,3H2,1-2H3,(H,12,13)(H,14,15,16). The molecule has 0 atom stereocenters. The molecule has 20 heavy (non-hydrogen) atoms. The third kappa shape index (κ3) is 2.99. The van der Waals surface area contributed by atoms with E-state index in [1.165, 1.54) is 23.3 Å². The minimum absolute atomic E-state index is 0.0489. The Bertz CT molecular complexity index is 714. The van der Waals surface area contributed by atoms with Crippen LogP contribution in [0.4, 0.5) is 11.8 Å². The Labute approximate surface area is 121 Å². The van der Waals surface area contributed by atoms with Crippen LogP contribution in [0.3, 0.4) is 0 Å². The lowest BCUT2D eigenvalue weighted by Crippen LogP contribution is -2.16. The molecule has 0 spiro atoms. The van der Waals surface area contributed by atoms with Crippen molar-refractivity contribution in [1.82, 2.24) is 19.7 Å². The number of nitrogens with one attached hydrogen (secondary N) is 2. The van der Waals surface area contributed by atoms with Crippen LogP contribution in [0.25, 0.3) is 0 Å². The molecule has 0 aliphatic carbocycles. The van der Waals surface area contributed by atoms with Crippen LogP contribution in [0.2, 0.25) is 5.02 Å². The Balaban J connectivity index is 2.30. The van der Waals surface area contributed by atoms with Crippen molar-refractivity contribution in [2.24, 2.45) is 7.05 Å². The Kier molecular flexibility index (Phi) is 4.09. The van der Waals surface area contributed by atoms with Crippen LogP contribution in [0, 0.1) is 0 Å². The van der Waals surface area contributed by atoms with E-state index in [4.69, 9.17) is 11.6 Å². The number of aryl methyl sites for hydroxylation is 1. The van der Waals surface area contributed by atoms with Crippen molar-refractivity contribution in [2.75, 3.05) is 16.6 Å². The van der Waals surface area contributed by atoms with Crippen LogP contribution in [-0.2, 0) is 17.1 Å². The molecule has 10 heteroatoms. The first-order chi connectivity index (χ1) is 9.44. The van der Waals surface area contributed by atoms with Crippen LogP contribution in [0.5, 0.6) is 0 Å². The topological polar surface area (TPSA) is 102 Å². The minimum Gasteiger partial charge on any atom is -0.369 e. The second-order valence-corrected chi connectivity index (χ2v) is 5.93. The first-order valence-corrected chi connectivity index (χ1v) is 7.56. The predicted molar refractivity (Wildman–Crippen MR) is 75.2 cm³/mol. The van der Waals surface area contributed by atoms with Gasteiger partial charge in [0.2, 0.25) is 5.95 Å². The number of aromatic nitrogens is 4. The van der Waals surface area contributed by atoms with Crippen molar-refractivity contribution >= 4 is 33.4 Å². The van der Waals surface area contributed by atoms with Crippen molar-refractivity contribution in [3.8, 4) is 0 Å². The predicted octanol–water partition coefficient (Wildman–Crippen LogP) is 1.10. The highest BCUT2D eigenvalue weighted by atomic mass is 35.5. The molecule has 2 aromatic heterocycles. The van der Waals surface area contributed by atoms with Gasteiger partial charge in [-0.05, 0) is 13.0 Å². The molecule has 2 heterocycles. The lowest BCUT2D eigenvalue weighted by Gasteiger charge is -2.09. The first-order valence-electron chi connectivity index (χ1n) is 5.70. The largest absolute Gasteiger partial charge is 0.369 e. The molecule has 0 radical (unpaired) electrons. The molecule has 0 saturated carbocycles. The number of rotatable bonds is 5. The van der Waals surface area contributed by atoms with Gasteiger partial charge in [-0.25, -0.2) is 22.8 Å². The van der Waals surface area contributed by atoms with E-state index in [1.807, 2.05) is 6.92 Å². The summed E-state index contributed by atoms with van der Waals surface area (Å²) in [6.07, 6.45) is 2.47. The molecule has 0 amide bonds. The molecule has 2 rings (SSSR count). The van der Waals surface area contributed by atoms with Gasteiger partial charge in [0, 0.05) is 19.8 Å². The van der Waals surface area contributed by atoms with Crippen molar-refractivity contribution in [1.29, 1.82) is 0 Å². The Hall–Kier alpha value is -1.87. The third-order valence-corrected chi connectivity index (χ3v) is 3.99. The number of sulfonamides is 1. The molecule has 0 unspecified atom stereocenters. The summed E-state index contributed by atoms with van der Waals surface area (Å²) in [5.74, 6) is 0.545. The number of hydrogen-bond acceptors (Lipinski definition) is 6. The summed E-state index contributed by atoms with van der Waals surface area (Å²) in [4.78, 5) is 7.72. The molecule has 0 bridgehead atoms. The van der Waals surface area contributed by atoms with E-state index >= 15 is 0 Å². The second kappa shape index (κ2) is 5.63. The van der Waals surface area contributed by atoms with Gasteiger partial charge in [-0.15, -0.1) is 0 Å². The maximum atomic E-state index is 12.2. The number of nitrogens with zero attached hydrogens (tertiary/aromatic N) is 4. The van der Waals surface area contributed by atoms with E-state index in [0.717, 1.165) is 0 Å². The average Bonchev–Trinajstić information content (AvgIpc) is 2.77. The van der Waals surface area contributed by atoms with Gasteiger partial charge < -0.3 is 5.32 Å². The number of halogens is 1. The van der Waals surface area contributed by atoms with Gasteiger partial charge in [-0.2, -0.15) is 10.1 Å². The zero-order valence-corrected chi connectivity index (χ0v) is 12.4. The highest BCUT2D eigenvalue weighted by molar-refractivity contribution is 7.92. The minimum atomic E-state index is -3.81. The van der Waals surface area contributed by atoms with Gasteiger partial charge >= 0.3 is 0 Å². The molecule has 2 N–H and O–H groups in total. The van der Waals surface area contributed by atoms with Gasteiger partial charge in [-0.3, -0.25) is 0 Å². The Morgan fingerprint density at radius 1 is 1.40 bits per heavy atom. The van der Waals surface area contributed by atoms with Crippen LogP contribution in [-0.4, -0.2) is 34.7 Å². The van der Waals surface area contributed by atoms with Crippen LogP contribution < -0.4 is 10.0 Å². The van der Waals surface area contributed by atoms with E-state index in [2.05, 4.69) is 25.1 Å². The second-order valence-electron chi connectivity index (χ2n) is 3.84. The highest BCUT2D eigenvalue weighted by Gasteiger charge is 2.18. The van der Waals surface area contributed by atoms with Crippen molar-refractivity contribution in [2.45, 2.75) is 11.8 Å². The fourth-order valence-electron chi connectivity index (χ4n) is 1.43. The van der Waals surface area contributed by atoms with Crippen molar-refractivity contribution in [3.05, 3.63) is 23.6 Å². The Morgan fingerprint density at radius 3 is 2.70 bits per heavy atom. The molecule has 0 aliphatic heterocycles. The maximum Gasteiger partial charge on any atom is 0.265 e. The zero-order valence-electron chi connectivity index (χ0n) is 10.8. The maximum absolute atomic E-state index is 12.2. The quantitative estimate of drug-likeness (QED) is 0.856. The van der Waals surface area contributed by atoms with Gasteiger partial charge in [0.25, 0.3) is 10.0 Å². The van der Waals surface area contributed by atoms with Crippen LogP contribution >= 0.6 is 11.6 Å². The molecule has 0 aromatic carbocycles. The van der Waals surface area contributed by atoms with Crippen LogP contribution in [0.15, 0.2) is 23.5 Å². The van der Waals surface area contributed by atoms with Gasteiger partial charge in [-0.1, -0.05) is 11.6 Å². The van der Waals surface area contributed by atoms with E-state index < -0.39 is 10.0 Å². The monoisotopic (exact) mass is 316 g/mol. The Morgan fingerprint density at radius 2 is 2.15 bits per heavy atom. The molecular weight excluding hydrogens is 304 g/mol. The summed E-state index contributed by atoms with van der Waals surface area (Å²) in [7, 11) is -2.23. The number of anilines is 2.